The van der Waals surface area contributed by atoms with E-state index in [0.29, 0.717) is 11.3 Å². The quantitative estimate of drug-likeness (QED) is 0.716. The fourth-order valence-electron chi connectivity index (χ4n) is 4.91. The van der Waals surface area contributed by atoms with Crippen LogP contribution in [-0.4, -0.2) is 10.7 Å². The highest BCUT2D eigenvalue weighted by molar-refractivity contribution is 5.17. The van der Waals surface area contributed by atoms with Crippen molar-refractivity contribution < 1.29 is 5.11 Å². The highest BCUT2D eigenvalue weighted by Gasteiger charge is 2.67. The fraction of sp³-hybridized carbons (Fsp3) is 1.00. The van der Waals surface area contributed by atoms with Gasteiger partial charge in [-0.1, -0.05) is 19.8 Å². The number of aliphatic hydroxyl groups is 1. The van der Waals surface area contributed by atoms with Gasteiger partial charge in [0, 0.05) is 5.41 Å². The molecular weight excluding hydrogens is 172 g/mol. The van der Waals surface area contributed by atoms with E-state index in [2.05, 4.69) is 6.92 Å². The lowest BCUT2D eigenvalue weighted by molar-refractivity contribution is -0.166. The molecule has 0 aromatic carbocycles. The van der Waals surface area contributed by atoms with Gasteiger partial charge in [-0.05, 0) is 50.4 Å². The minimum atomic E-state index is -0.247. The summed E-state index contributed by atoms with van der Waals surface area (Å²) in [5, 5.41) is 11.0. The molecule has 0 saturated heterocycles. The van der Waals surface area contributed by atoms with Gasteiger partial charge in [-0.3, -0.25) is 0 Å². The van der Waals surface area contributed by atoms with Crippen molar-refractivity contribution in [2.45, 2.75) is 63.9 Å². The molecule has 0 aliphatic heterocycles. The molecule has 3 fully saturated rings. The molecule has 0 aromatic rings. The number of hydrogen-bond acceptors (Lipinski definition) is 1. The van der Waals surface area contributed by atoms with Crippen LogP contribution in [0.15, 0.2) is 0 Å². The summed E-state index contributed by atoms with van der Waals surface area (Å²) in [5.74, 6) is 1.55. The van der Waals surface area contributed by atoms with E-state index in [1.807, 2.05) is 0 Å². The van der Waals surface area contributed by atoms with Crippen LogP contribution in [-0.2, 0) is 0 Å². The Bertz CT molecular complexity index is 244. The predicted octanol–water partition coefficient (Wildman–Crippen LogP) is 3.12. The van der Waals surface area contributed by atoms with Crippen LogP contribution in [0.25, 0.3) is 0 Å². The second-order valence-corrected chi connectivity index (χ2v) is 5.89. The number of rotatable bonds is 2. The van der Waals surface area contributed by atoms with Crippen LogP contribution in [0.3, 0.4) is 0 Å². The standard InChI is InChI=1S/C13H22O/c1-2-6-13(14)11-5-4-10(9-11)12(13)7-3-8-12/h10-11,14H,2-9H2,1H3. The van der Waals surface area contributed by atoms with Crippen LogP contribution in [0.4, 0.5) is 0 Å². The molecule has 3 atom stereocenters. The molecule has 2 bridgehead atoms. The lowest BCUT2D eigenvalue weighted by atomic mass is 9.51. The van der Waals surface area contributed by atoms with Crippen molar-refractivity contribution in [1.29, 1.82) is 0 Å². The molecule has 0 heterocycles. The van der Waals surface area contributed by atoms with E-state index in [1.165, 1.54) is 38.5 Å². The Balaban J connectivity index is 1.94. The van der Waals surface area contributed by atoms with Crippen LogP contribution < -0.4 is 0 Å². The van der Waals surface area contributed by atoms with E-state index >= 15 is 0 Å². The molecule has 0 aromatic heterocycles. The van der Waals surface area contributed by atoms with Gasteiger partial charge in [0.15, 0.2) is 0 Å². The zero-order valence-electron chi connectivity index (χ0n) is 9.26. The van der Waals surface area contributed by atoms with Gasteiger partial charge in [0.1, 0.15) is 0 Å². The first-order valence-electron chi connectivity index (χ1n) is 6.45. The van der Waals surface area contributed by atoms with Crippen molar-refractivity contribution in [3.8, 4) is 0 Å². The van der Waals surface area contributed by atoms with Crippen LogP contribution in [0.1, 0.15) is 58.3 Å². The third kappa shape index (κ3) is 0.816. The summed E-state index contributed by atoms with van der Waals surface area (Å²) in [6.45, 7) is 2.22. The van der Waals surface area contributed by atoms with Crippen molar-refractivity contribution in [3.63, 3.8) is 0 Å². The molecule has 1 spiro atoms. The molecule has 3 unspecified atom stereocenters. The Morgan fingerprint density at radius 2 is 1.93 bits per heavy atom. The third-order valence-corrected chi connectivity index (χ3v) is 5.63. The summed E-state index contributed by atoms with van der Waals surface area (Å²) in [6.07, 6.45) is 10.3. The normalized spacial score (nSPS) is 48.4. The van der Waals surface area contributed by atoms with Crippen molar-refractivity contribution in [2.75, 3.05) is 0 Å². The first-order valence-corrected chi connectivity index (χ1v) is 6.45. The van der Waals surface area contributed by atoms with Gasteiger partial charge in [0.05, 0.1) is 5.60 Å². The molecule has 0 amide bonds. The van der Waals surface area contributed by atoms with Crippen LogP contribution >= 0.6 is 0 Å². The monoisotopic (exact) mass is 194 g/mol. The molecule has 3 saturated carbocycles. The van der Waals surface area contributed by atoms with Gasteiger partial charge < -0.3 is 5.11 Å². The van der Waals surface area contributed by atoms with E-state index in [0.717, 1.165) is 18.8 Å². The first kappa shape index (κ1) is 9.21. The second kappa shape index (κ2) is 2.75. The molecule has 1 nitrogen and oxygen atoms in total. The van der Waals surface area contributed by atoms with E-state index in [1.54, 1.807) is 0 Å². The summed E-state index contributed by atoms with van der Waals surface area (Å²) in [7, 11) is 0. The van der Waals surface area contributed by atoms with Crippen molar-refractivity contribution in [2.24, 2.45) is 17.3 Å². The summed E-state index contributed by atoms with van der Waals surface area (Å²) < 4.78 is 0. The molecule has 3 aliphatic carbocycles. The van der Waals surface area contributed by atoms with Gasteiger partial charge >= 0.3 is 0 Å². The molecule has 80 valence electrons. The lowest BCUT2D eigenvalue weighted by Crippen LogP contribution is -2.56. The predicted molar refractivity (Wildman–Crippen MR) is 57.0 cm³/mol. The van der Waals surface area contributed by atoms with Crippen molar-refractivity contribution in [1.82, 2.24) is 0 Å². The zero-order valence-corrected chi connectivity index (χ0v) is 9.26. The maximum Gasteiger partial charge on any atom is 0.0734 e. The zero-order chi connectivity index (χ0) is 9.81. The average Bonchev–Trinajstić information content (AvgIpc) is 2.59. The summed E-state index contributed by atoms with van der Waals surface area (Å²) in [6, 6.07) is 0. The summed E-state index contributed by atoms with van der Waals surface area (Å²) in [4.78, 5) is 0. The Morgan fingerprint density at radius 1 is 1.21 bits per heavy atom. The Hall–Kier alpha value is -0.0400. The van der Waals surface area contributed by atoms with E-state index < -0.39 is 0 Å². The molecule has 0 radical (unpaired) electrons. The highest BCUT2D eigenvalue weighted by atomic mass is 16.3. The molecule has 1 N–H and O–H groups in total. The molecular formula is C13H22O. The van der Waals surface area contributed by atoms with Gasteiger partial charge in [0.2, 0.25) is 0 Å². The van der Waals surface area contributed by atoms with Gasteiger partial charge in [0.25, 0.3) is 0 Å². The highest BCUT2D eigenvalue weighted by Crippen LogP contribution is 2.70. The van der Waals surface area contributed by atoms with Gasteiger partial charge in [-0.25, -0.2) is 0 Å². The topological polar surface area (TPSA) is 20.2 Å². The first-order chi connectivity index (χ1) is 6.73. The van der Waals surface area contributed by atoms with Gasteiger partial charge in [-0.15, -0.1) is 0 Å². The SMILES string of the molecule is CCCC1(O)C2CCC(C2)C12CCC2. The maximum absolute atomic E-state index is 11.0. The Morgan fingerprint density at radius 3 is 2.50 bits per heavy atom. The Kier molecular flexibility index (Phi) is 1.81. The smallest absolute Gasteiger partial charge is 0.0734 e. The molecule has 1 heteroatoms. The average molecular weight is 194 g/mol. The minimum absolute atomic E-state index is 0.247. The molecule has 3 rings (SSSR count). The van der Waals surface area contributed by atoms with Crippen molar-refractivity contribution >= 4 is 0 Å². The summed E-state index contributed by atoms with van der Waals surface area (Å²) in [5.41, 5.74) is 0.148. The maximum atomic E-state index is 11.0. The minimum Gasteiger partial charge on any atom is -0.389 e. The number of fused-ring (bicyclic) bond motifs is 3. The lowest BCUT2D eigenvalue weighted by Gasteiger charge is -2.56. The fourth-order valence-corrected chi connectivity index (χ4v) is 4.91. The van der Waals surface area contributed by atoms with E-state index in [4.69, 9.17) is 0 Å². The molecule has 3 aliphatic rings. The van der Waals surface area contributed by atoms with Crippen LogP contribution in [0.5, 0.6) is 0 Å². The van der Waals surface area contributed by atoms with Crippen LogP contribution in [0.2, 0.25) is 0 Å². The largest absolute Gasteiger partial charge is 0.389 e. The number of hydrogen-bond donors (Lipinski definition) is 1. The van der Waals surface area contributed by atoms with E-state index in [-0.39, 0.29) is 5.60 Å². The third-order valence-electron chi connectivity index (χ3n) is 5.63. The second-order valence-electron chi connectivity index (χ2n) is 5.89. The Labute approximate surface area is 86.9 Å². The van der Waals surface area contributed by atoms with Crippen molar-refractivity contribution in [3.05, 3.63) is 0 Å². The van der Waals surface area contributed by atoms with Crippen LogP contribution in [0, 0.1) is 17.3 Å². The molecule has 14 heavy (non-hydrogen) atoms. The van der Waals surface area contributed by atoms with E-state index in [9.17, 15) is 5.11 Å². The van der Waals surface area contributed by atoms with Gasteiger partial charge in [-0.2, -0.15) is 0 Å². The summed E-state index contributed by atoms with van der Waals surface area (Å²) >= 11 is 0.